The normalized spacial score (nSPS) is 11.2. The standard InChI is InChI=1S/C16H17N3O4S/c1-4-23-15(22)10-5-7-11(8-6-10)18-14(21)12-9-13(20)19(3)16(17-2)24-12/h5-9H,4H2,1-3H3,(H,18,21). The maximum Gasteiger partial charge on any atom is 0.338 e. The molecule has 126 valence electrons. The highest BCUT2D eigenvalue weighted by Gasteiger charge is 2.11. The Kier molecular flexibility index (Phi) is 5.64. The van der Waals surface area contributed by atoms with Crippen LogP contribution in [-0.4, -0.2) is 30.1 Å². The third kappa shape index (κ3) is 3.96. The molecule has 24 heavy (non-hydrogen) atoms. The van der Waals surface area contributed by atoms with Crippen molar-refractivity contribution in [2.75, 3.05) is 19.0 Å². The smallest absolute Gasteiger partial charge is 0.338 e. The second-order valence-corrected chi connectivity index (χ2v) is 5.78. The fourth-order valence-corrected chi connectivity index (χ4v) is 2.72. The topological polar surface area (TPSA) is 89.8 Å². The summed E-state index contributed by atoms with van der Waals surface area (Å²) in [6.07, 6.45) is 0. The maximum atomic E-state index is 12.3. The van der Waals surface area contributed by atoms with Gasteiger partial charge in [0.2, 0.25) is 0 Å². The Labute approximate surface area is 142 Å². The van der Waals surface area contributed by atoms with E-state index in [1.54, 1.807) is 45.3 Å². The first-order chi connectivity index (χ1) is 11.5. The van der Waals surface area contributed by atoms with Crippen LogP contribution in [0.1, 0.15) is 27.0 Å². The van der Waals surface area contributed by atoms with E-state index in [0.717, 1.165) is 11.3 Å². The van der Waals surface area contributed by atoms with Gasteiger partial charge in [0.15, 0.2) is 4.80 Å². The molecule has 2 rings (SSSR count). The number of benzene rings is 1. The molecule has 1 N–H and O–H groups in total. The Hall–Kier alpha value is -2.74. The van der Waals surface area contributed by atoms with Gasteiger partial charge in [-0.1, -0.05) is 11.3 Å². The molecule has 2 aromatic rings. The van der Waals surface area contributed by atoms with E-state index in [1.165, 1.54) is 10.6 Å². The van der Waals surface area contributed by atoms with Crippen LogP contribution >= 0.6 is 11.3 Å². The SMILES string of the molecule is CCOC(=O)c1ccc(NC(=O)c2cc(=O)n(C)c(=NC)s2)cc1. The Balaban J connectivity index is 2.20. The molecule has 0 saturated carbocycles. The molecule has 1 aromatic heterocycles. The number of nitrogens with zero attached hydrogens (tertiary/aromatic N) is 2. The van der Waals surface area contributed by atoms with Crippen molar-refractivity contribution in [2.24, 2.45) is 12.0 Å². The predicted molar refractivity (Wildman–Crippen MR) is 91.4 cm³/mol. The van der Waals surface area contributed by atoms with Crippen LogP contribution in [-0.2, 0) is 11.8 Å². The number of amides is 1. The zero-order valence-corrected chi connectivity index (χ0v) is 14.3. The summed E-state index contributed by atoms with van der Waals surface area (Å²) in [5, 5.41) is 2.68. The second-order valence-electron chi connectivity index (χ2n) is 4.77. The van der Waals surface area contributed by atoms with Crippen LogP contribution in [0.25, 0.3) is 0 Å². The van der Waals surface area contributed by atoms with Crippen LogP contribution in [0, 0.1) is 0 Å². The van der Waals surface area contributed by atoms with Crippen LogP contribution in [0.5, 0.6) is 0 Å². The van der Waals surface area contributed by atoms with E-state index in [1.807, 2.05) is 0 Å². The van der Waals surface area contributed by atoms with Gasteiger partial charge in [0.05, 0.1) is 12.2 Å². The summed E-state index contributed by atoms with van der Waals surface area (Å²) in [5.41, 5.74) is 0.603. The first kappa shape index (κ1) is 17.6. The van der Waals surface area contributed by atoms with Crippen molar-refractivity contribution in [1.82, 2.24) is 4.57 Å². The molecule has 0 radical (unpaired) electrons. The fourth-order valence-electron chi connectivity index (χ4n) is 1.90. The van der Waals surface area contributed by atoms with Gasteiger partial charge < -0.3 is 10.1 Å². The average molecular weight is 347 g/mol. The van der Waals surface area contributed by atoms with Gasteiger partial charge in [0, 0.05) is 25.8 Å². The predicted octanol–water partition coefficient (Wildman–Crippen LogP) is 1.41. The lowest BCUT2D eigenvalue weighted by Crippen LogP contribution is -2.30. The largest absolute Gasteiger partial charge is 0.462 e. The number of rotatable bonds is 4. The van der Waals surface area contributed by atoms with Crippen LogP contribution < -0.4 is 15.7 Å². The van der Waals surface area contributed by atoms with Gasteiger partial charge in [-0.3, -0.25) is 19.1 Å². The number of anilines is 1. The maximum absolute atomic E-state index is 12.3. The van der Waals surface area contributed by atoms with E-state index in [4.69, 9.17) is 4.74 Å². The Bertz CT molecular complexity index is 881. The first-order valence-electron chi connectivity index (χ1n) is 7.18. The van der Waals surface area contributed by atoms with Crippen molar-refractivity contribution in [3.8, 4) is 0 Å². The number of hydrogen-bond acceptors (Lipinski definition) is 6. The number of ether oxygens (including phenoxy) is 1. The van der Waals surface area contributed by atoms with Gasteiger partial charge in [-0.25, -0.2) is 4.79 Å². The fraction of sp³-hybridized carbons (Fsp3) is 0.250. The van der Waals surface area contributed by atoms with Gasteiger partial charge in [0.25, 0.3) is 11.5 Å². The molecule has 0 bridgehead atoms. The van der Waals surface area contributed by atoms with Gasteiger partial charge in [-0.05, 0) is 31.2 Å². The third-order valence-corrected chi connectivity index (χ3v) is 4.30. The molecule has 0 aliphatic heterocycles. The Morgan fingerprint density at radius 1 is 1.29 bits per heavy atom. The summed E-state index contributed by atoms with van der Waals surface area (Å²) < 4.78 is 6.27. The van der Waals surface area contributed by atoms with Crippen LogP contribution in [0.3, 0.4) is 0 Å². The minimum Gasteiger partial charge on any atom is -0.462 e. The minimum absolute atomic E-state index is 0.258. The van der Waals surface area contributed by atoms with E-state index < -0.39 is 11.9 Å². The summed E-state index contributed by atoms with van der Waals surface area (Å²) in [7, 11) is 3.15. The number of carbonyl (C=O) groups is 2. The minimum atomic E-state index is -0.418. The highest BCUT2D eigenvalue weighted by molar-refractivity contribution is 7.11. The summed E-state index contributed by atoms with van der Waals surface area (Å²) in [6.45, 7) is 2.03. The molecule has 0 aliphatic rings. The van der Waals surface area contributed by atoms with E-state index in [9.17, 15) is 14.4 Å². The van der Waals surface area contributed by atoms with Crippen LogP contribution in [0.15, 0.2) is 40.1 Å². The molecule has 8 heteroatoms. The monoisotopic (exact) mass is 347 g/mol. The number of carbonyl (C=O) groups excluding carboxylic acids is 2. The number of nitrogens with one attached hydrogen (secondary N) is 1. The van der Waals surface area contributed by atoms with Gasteiger partial charge in [0.1, 0.15) is 4.88 Å². The molecule has 7 nitrogen and oxygen atoms in total. The average Bonchev–Trinajstić information content (AvgIpc) is 2.58. The lowest BCUT2D eigenvalue weighted by atomic mass is 10.2. The zero-order chi connectivity index (χ0) is 17.7. The van der Waals surface area contributed by atoms with Crippen molar-refractivity contribution in [1.29, 1.82) is 0 Å². The van der Waals surface area contributed by atoms with E-state index in [0.29, 0.717) is 22.7 Å². The van der Waals surface area contributed by atoms with Gasteiger partial charge in [-0.15, -0.1) is 0 Å². The lowest BCUT2D eigenvalue weighted by molar-refractivity contribution is 0.0526. The highest BCUT2D eigenvalue weighted by Crippen LogP contribution is 2.12. The molecular weight excluding hydrogens is 330 g/mol. The van der Waals surface area contributed by atoms with Crippen molar-refractivity contribution in [3.05, 3.63) is 55.9 Å². The summed E-state index contributed by atoms with van der Waals surface area (Å²) in [4.78, 5) is 40.4. The number of hydrogen-bond donors (Lipinski definition) is 1. The molecule has 1 heterocycles. The van der Waals surface area contributed by atoms with Crippen LogP contribution in [0.4, 0.5) is 5.69 Å². The molecule has 0 aliphatic carbocycles. The summed E-state index contributed by atoms with van der Waals surface area (Å²) in [5.74, 6) is -0.829. The Morgan fingerprint density at radius 3 is 2.54 bits per heavy atom. The van der Waals surface area contributed by atoms with Gasteiger partial charge >= 0.3 is 5.97 Å². The second kappa shape index (κ2) is 7.69. The van der Waals surface area contributed by atoms with Crippen molar-refractivity contribution < 1.29 is 14.3 Å². The quantitative estimate of drug-likeness (QED) is 0.847. The van der Waals surface area contributed by atoms with E-state index in [2.05, 4.69) is 10.3 Å². The highest BCUT2D eigenvalue weighted by atomic mass is 32.1. The molecule has 0 saturated heterocycles. The molecule has 0 fully saturated rings. The zero-order valence-electron chi connectivity index (χ0n) is 13.5. The van der Waals surface area contributed by atoms with Gasteiger partial charge in [-0.2, -0.15) is 0 Å². The molecule has 1 amide bonds. The molecule has 0 unspecified atom stereocenters. The van der Waals surface area contributed by atoms with Crippen molar-refractivity contribution >= 4 is 28.9 Å². The van der Waals surface area contributed by atoms with Crippen molar-refractivity contribution in [3.63, 3.8) is 0 Å². The molecular formula is C16H17N3O4S. The van der Waals surface area contributed by atoms with E-state index >= 15 is 0 Å². The van der Waals surface area contributed by atoms with Crippen molar-refractivity contribution in [2.45, 2.75) is 6.92 Å². The van der Waals surface area contributed by atoms with E-state index in [-0.39, 0.29) is 10.4 Å². The van der Waals surface area contributed by atoms with Crippen LogP contribution in [0.2, 0.25) is 0 Å². The summed E-state index contributed by atoms with van der Waals surface area (Å²) in [6, 6.07) is 7.59. The lowest BCUT2D eigenvalue weighted by Gasteiger charge is -2.07. The number of aromatic nitrogens is 1. The first-order valence-corrected chi connectivity index (χ1v) is 8.00. The third-order valence-electron chi connectivity index (χ3n) is 3.14. The number of esters is 1. The molecule has 0 spiro atoms. The Morgan fingerprint density at radius 2 is 1.96 bits per heavy atom. The molecule has 1 aromatic carbocycles. The molecule has 0 atom stereocenters. The summed E-state index contributed by atoms with van der Waals surface area (Å²) >= 11 is 1.12.